The van der Waals surface area contributed by atoms with Crippen LogP contribution in [-0.2, 0) is 24.2 Å². The number of para-hydroxylation sites is 1. The van der Waals surface area contributed by atoms with Gasteiger partial charge in [-0.2, -0.15) is 5.10 Å². The molecule has 0 saturated carbocycles. The van der Waals surface area contributed by atoms with Gasteiger partial charge in [-0.1, -0.05) is 30.3 Å². The van der Waals surface area contributed by atoms with Gasteiger partial charge in [0.05, 0.1) is 24.5 Å². The molecule has 2 aromatic carbocycles. The molecule has 0 radical (unpaired) electrons. The van der Waals surface area contributed by atoms with Gasteiger partial charge in [0.2, 0.25) is 0 Å². The van der Waals surface area contributed by atoms with Crippen LogP contribution in [0.4, 0.5) is 9.18 Å². The Morgan fingerprint density at radius 3 is 2.58 bits per heavy atom. The summed E-state index contributed by atoms with van der Waals surface area (Å²) in [5, 5.41) is 7.38. The van der Waals surface area contributed by atoms with E-state index in [1.54, 1.807) is 28.6 Å². The lowest BCUT2D eigenvalue weighted by molar-refractivity contribution is 0.0516. The summed E-state index contributed by atoms with van der Waals surface area (Å²) in [5.74, 6) is -0.817. The first-order chi connectivity index (χ1) is 15.1. The molecule has 7 nitrogen and oxygen atoms in total. The molecule has 1 aliphatic rings. The van der Waals surface area contributed by atoms with Crippen LogP contribution < -0.4 is 5.32 Å². The van der Waals surface area contributed by atoms with Crippen molar-refractivity contribution in [1.82, 2.24) is 20.0 Å². The van der Waals surface area contributed by atoms with E-state index in [0.29, 0.717) is 18.5 Å². The number of ether oxygens (including phenoxy) is 1. The molecule has 1 N–H and O–H groups in total. The van der Waals surface area contributed by atoms with Crippen molar-refractivity contribution >= 4 is 12.0 Å². The van der Waals surface area contributed by atoms with Crippen LogP contribution in [0.25, 0.3) is 5.69 Å². The number of rotatable bonds is 5. The van der Waals surface area contributed by atoms with Crippen molar-refractivity contribution in [2.45, 2.75) is 26.4 Å². The fourth-order valence-electron chi connectivity index (χ4n) is 3.63. The third-order valence-corrected chi connectivity index (χ3v) is 5.17. The molecule has 1 aromatic heterocycles. The Labute approximate surface area is 179 Å². The number of halogens is 1. The number of esters is 1. The Hall–Kier alpha value is -3.68. The van der Waals surface area contributed by atoms with Gasteiger partial charge in [-0.25, -0.2) is 18.7 Å². The zero-order valence-electron chi connectivity index (χ0n) is 17.2. The molecule has 4 rings (SSSR count). The molecule has 2 amide bonds. The van der Waals surface area contributed by atoms with Gasteiger partial charge in [0.25, 0.3) is 0 Å². The molecule has 0 unspecified atom stereocenters. The number of carbonyl (C=O) groups is 2. The largest absolute Gasteiger partial charge is 0.461 e. The standard InChI is InChI=1S/C23H23FN4O3/c1-2-31-22(29)21-19-15-27(23(30)25-14-16-8-10-17(24)11-9-16)13-12-20(19)28(26-21)18-6-4-3-5-7-18/h3-11H,2,12-15H2,1H3,(H,25,30). The summed E-state index contributed by atoms with van der Waals surface area (Å²) in [7, 11) is 0. The van der Waals surface area contributed by atoms with Crippen LogP contribution in [0, 0.1) is 5.82 Å². The maximum absolute atomic E-state index is 13.1. The smallest absolute Gasteiger partial charge is 0.359 e. The van der Waals surface area contributed by atoms with Crippen LogP contribution in [-0.4, -0.2) is 39.8 Å². The number of amides is 2. The zero-order chi connectivity index (χ0) is 21.8. The lowest BCUT2D eigenvalue weighted by atomic mass is 10.0. The minimum atomic E-state index is -0.498. The molecule has 2 heterocycles. The Kier molecular flexibility index (Phi) is 5.97. The summed E-state index contributed by atoms with van der Waals surface area (Å²) in [6.07, 6.45) is 0.556. The molecule has 8 heteroatoms. The Morgan fingerprint density at radius 1 is 1.13 bits per heavy atom. The van der Waals surface area contributed by atoms with Gasteiger partial charge in [-0.05, 0) is 36.8 Å². The van der Waals surface area contributed by atoms with Crippen molar-refractivity contribution in [3.63, 3.8) is 0 Å². The normalized spacial score (nSPS) is 12.9. The van der Waals surface area contributed by atoms with Crippen LogP contribution in [0.2, 0.25) is 0 Å². The first kappa shape index (κ1) is 20.6. The van der Waals surface area contributed by atoms with Crippen molar-refractivity contribution < 1.29 is 18.7 Å². The average molecular weight is 422 g/mol. The first-order valence-electron chi connectivity index (χ1n) is 10.2. The second kappa shape index (κ2) is 8.99. The van der Waals surface area contributed by atoms with E-state index in [-0.39, 0.29) is 37.2 Å². The summed E-state index contributed by atoms with van der Waals surface area (Å²) < 4.78 is 20.0. The van der Waals surface area contributed by atoms with Crippen molar-refractivity contribution in [1.29, 1.82) is 0 Å². The van der Waals surface area contributed by atoms with E-state index in [1.807, 2.05) is 30.3 Å². The third-order valence-electron chi connectivity index (χ3n) is 5.17. The van der Waals surface area contributed by atoms with Crippen molar-refractivity contribution in [2.24, 2.45) is 0 Å². The summed E-state index contributed by atoms with van der Waals surface area (Å²) in [6, 6.07) is 15.3. The van der Waals surface area contributed by atoms with Gasteiger partial charge in [-0.3, -0.25) is 0 Å². The molecule has 0 aliphatic carbocycles. The second-order valence-electron chi connectivity index (χ2n) is 7.20. The van der Waals surface area contributed by atoms with Crippen LogP contribution in [0.5, 0.6) is 0 Å². The van der Waals surface area contributed by atoms with Crippen LogP contribution in [0.15, 0.2) is 54.6 Å². The Bertz CT molecular complexity index is 1080. The van der Waals surface area contributed by atoms with Crippen molar-refractivity contribution in [3.05, 3.63) is 82.9 Å². The number of hydrogen-bond acceptors (Lipinski definition) is 4. The molecule has 0 fully saturated rings. The monoisotopic (exact) mass is 422 g/mol. The molecule has 0 atom stereocenters. The molecule has 3 aromatic rings. The molecule has 1 aliphatic heterocycles. The zero-order valence-corrected chi connectivity index (χ0v) is 17.2. The van der Waals surface area contributed by atoms with Gasteiger partial charge >= 0.3 is 12.0 Å². The minimum Gasteiger partial charge on any atom is -0.461 e. The predicted molar refractivity (Wildman–Crippen MR) is 112 cm³/mol. The molecular formula is C23H23FN4O3. The van der Waals surface area contributed by atoms with E-state index in [1.165, 1.54) is 12.1 Å². The number of urea groups is 1. The highest BCUT2D eigenvalue weighted by Gasteiger charge is 2.31. The van der Waals surface area contributed by atoms with Gasteiger partial charge < -0.3 is 15.0 Å². The molecule has 0 spiro atoms. The highest BCUT2D eigenvalue weighted by molar-refractivity contribution is 5.89. The van der Waals surface area contributed by atoms with E-state index in [9.17, 15) is 14.0 Å². The topological polar surface area (TPSA) is 76.5 Å². The van der Waals surface area contributed by atoms with E-state index >= 15 is 0 Å². The van der Waals surface area contributed by atoms with Crippen LogP contribution in [0.3, 0.4) is 0 Å². The number of aromatic nitrogens is 2. The summed E-state index contributed by atoms with van der Waals surface area (Å²) >= 11 is 0. The van der Waals surface area contributed by atoms with E-state index in [2.05, 4.69) is 10.4 Å². The maximum Gasteiger partial charge on any atom is 0.359 e. The Balaban J connectivity index is 1.55. The van der Waals surface area contributed by atoms with E-state index in [0.717, 1.165) is 16.9 Å². The fourth-order valence-corrected chi connectivity index (χ4v) is 3.63. The molecule has 160 valence electrons. The number of benzene rings is 2. The maximum atomic E-state index is 13.1. The number of hydrogen-bond donors (Lipinski definition) is 1. The highest BCUT2D eigenvalue weighted by atomic mass is 19.1. The SMILES string of the molecule is CCOC(=O)c1nn(-c2ccccc2)c2c1CN(C(=O)NCc1ccc(F)cc1)CC2. The Morgan fingerprint density at radius 2 is 1.87 bits per heavy atom. The molecule has 0 bridgehead atoms. The number of fused-ring (bicyclic) bond motifs is 1. The highest BCUT2D eigenvalue weighted by Crippen LogP contribution is 2.26. The molecular weight excluding hydrogens is 399 g/mol. The van der Waals surface area contributed by atoms with Crippen LogP contribution >= 0.6 is 0 Å². The summed E-state index contributed by atoms with van der Waals surface area (Å²) in [6.45, 7) is 3.02. The van der Waals surface area contributed by atoms with E-state index < -0.39 is 5.97 Å². The fraction of sp³-hybridized carbons (Fsp3) is 0.261. The third kappa shape index (κ3) is 4.42. The lowest BCUT2D eigenvalue weighted by Crippen LogP contribution is -2.42. The van der Waals surface area contributed by atoms with Crippen LogP contribution in [0.1, 0.15) is 34.2 Å². The lowest BCUT2D eigenvalue weighted by Gasteiger charge is -2.28. The number of carbonyl (C=O) groups excluding carboxylic acids is 2. The van der Waals surface area contributed by atoms with Gasteiger partial charge in [0, 0.05) is 25.1 Å². The van der Waals surface area contributed by atoms with Gasteiger partial charge in [0.15, 0.2) is 5.69 Å². The van der Waals surface area contributed by atoms with Gasteiger partial charge in [0.1, 0.15) is 5.82 Å². The number of nitrogens with one attached hydrogen (secondary N) is 1. The average Bonchev–Trinajstić information content (AvgIpc) is 3.18. The van der Waals surface area contributed by atoms with E-state index in [4.69, 9.17) is 4.74 Å². The quantitative estimate of drug-likeness (QED) is 0.639. The minimum absolute atomic E-state index is 0.233. The predicted octanol–water partition coefficient (Wildman–Crippen LogP) is 3.46. The summed E-state index contributed by atoms with van der Waals surface area (Å²) in [5.41, 5.74) is 3.49. The van der Waals surface area contributed by atoms with Crippen molar-refractivity contribution in [3.8, 4) is 5.69 Å². The van der Waals surface area contributed by atoms with Crippen molar-refractivity contribution in [2.75, 3.05) is 13.2 Å². The second-order valence-corrected chi connectivity index (χ2v) is 7.20. The molecule has 0 saturated heterocycles. The van der Waals surface area contributed by atoms with Gasteiger partial charge in [-0.15, -0.1) is 0 Å². The first-order valence-corrected chi connectivity index (χ1v) is 10.2. The summed E-state index contributed by atoms with van der Waals surface area (Å²) in [4.78, 5) is 26.9. The number of nitrogens with zero attached hydrogens (tertiary/aromatic N) is 3. The molecule has 31 heavy (non-hydrogen) atoms.